The molecule has 1 aromatic heterocycles. The number of benzene rings is 1. The second-order valence-electron chi connectivity index (χ2n) is 4.49. The maximum Gasteiger partial charge on any atom is 0.242 e. The van der Waals surface area contributed by atoms with Crippen molar-refractivity contribution in [2.75, 3.05) is 12.0 Å². The second-order valence-corrected chi connectivity index (χ2v) is 8.18. The lowest BCUT2D eigenvalue weighted by molar-refractivity contribution is 0.283. The van der Waals surface area contributed by atoms with Crippen molar-refractivity contribution in [3.8, 4) is 0 Å². The third kappa shape index (κ3) is 3.17. The maximum absolute atomic E-state index is 12.5. The Balaban J connectivity index is 2.50. The van der Waals surface area contributed by atoms with Crippen LogP contribution in [0.15, 0.2) is 29.2 Å². The van der Waals surface area contributed by atoms with E-state index in [9.17, 15) is 13.5 Å². The molecule has 2 rings (SSSR count). The number of hydrogen-bond donors (Lipinski definition) is 2. The Morgan fingerprint density at radius 2 is 2.10 bits per heavy atom. The van der Waals surface area contributed by atoms with Crippen molar-refractivity contribution in [2.24, 2.45) is 0 Å². The molecule has 1 atom stereocenters. The number of nitrogens with one attached hydrogen (secondary N) is 1. The van der Waals surface area contributed by atoms with Crippen LogP contribution in [0.5, 0.6) is 0 Å². The molecule has 0 saturated carbocycles. The predicted molar refractivity (Wildman–Crippen MR) is 85.9 cm³/mol. The molecule has 4 nitrogen and oxygen atoms in total. The third-order valence-corrected chi connectivity index (χ3v) is 6.64. The molecule has 1 heterocycles. The topological polar surface area (TPSA) is 66.4 Å². The van der Waals surface area contributed by atoms with E-state index in [-0.39, 0.29) is 17.5 Å². The fourth-order valence-electron chi connectivity index (χ4n) is 2.08. The Kier molecular flexibility index (Phi) is 5.09. The standard InChI is InChI=1S/C13H17NO3S3/c1-9(8-18-2)14-20(16,17)13-10-5-3-4-6-11(10)19-12(13)7-15/h3-6,9,14-15H,7-8H2,1-2H3. The molecular formula is C13H17NO3S3. The highest BCUT2D eigenvalue weighted by molar-refractivity contribution is 7.98. The molecule has 0 spiro atoms. The van der Waals surface area contributed by atoms with E-state index >= 15 is 0 Å². The Bertz CT molecular complexity index is 694. The fraction of sp³-hybridized carbons (Fsp3) is 0.385. The molecule has 1 aromatic carbocycles. The Hall–Kier alpha value is -0.600. The minimum absolute atomic E-state index is 0.153. The van der Waals surface area contributed by atoms with Crippen molar-refractivity contribution >= 4 is 43.2 Å². The zero-order chi connectivity index (χ0) is 14.8. The molecule has 0 fully saturated rings. The number of thiophene rings is 1. The van der Waals surface area contributed by atoms with Gasteiger partial charge in [-0.3, -0.25) is 0 Å². The normalized spacial score (nSPS) is 13.8. The summed E-state index contributed by atoms with van der Waals surface area (Å²) in [6, 6.07) is 7.16. The van der Waals surface area contributed by atoms with Gasteiger partial charge >= 0.3 is 0 Å². The van der Waals surface area contributed by atoms with E-state index in [1.54, 1.807) is 23.9 Å². The Morgan fingerprint density at radius 1 is 1.40 bits per heavy atom. The predicted octanol–water partition coefficient (Wildman–Crippen LogP) is 2.42. The summed E-state index contributed by atoms with van der Waals surface area (Å²) in [7, 11) is -3.62. The van der Waals surface area contributed by atoms with Crippen LogP contribution in [-0.4, -0.2) is 31.6 Å². The molecule has 0 aliphatic rings. The van der Waals surface area contributed by atoms with Gasteiger partial charge < -0.3 is 5.11 Å². The van der Waals surface area contributed by atoms with Gasteiger partial charge in [-0.25, -0.2) is 13.1 Å². The molecule has 7 heteroatoms. The molecule has 2 aromatic rings. The van der Waals surface area contributed by atoms with E-state index in [1.807, 2.05) is 25.3 Å². The van der Waals surface area contributed by atoms with E-state index in [4.69, 9.17) is 0 Å². The minimum atomic E-state index is -3.62. The van der Waals surface area contributed by atoms with Crippen LogP contribution in [0, 0.1) is 0 Å². The summed E-state index contributed by atoms with van der Waals surface area (Å²) in [6.07, 6.45) is 1.93. The van der Waals surface area contributed by atoms with E-state index in [1.165, 1.54) is 11.3 Å². The zero-order valence-corrected chi connectivity index (χ0v) is 13.7. The van der Waals surface area contributed by atoms with Crippen LogP contribution < -0.4 is 4.72 Å². The second kappa shape index (κ2) is 6.44. The molecule has 0 bridgehead atoms. The van der Waals surface area contributed by atoms with E-state index < -0.39 is 10.0 Å². The van der Waals surface area contributed by atoms with Gasteiger partial charge in [0.25, 0.3) is 0 Å². The molecule has 110 valence electrons. The van der Waals surface area contributed by atoms with Gasteiger partial charge in [-0.2, -0.15) is 11.8 Å². The Labute approximate surface area is 127 Å². The number of aliphatic hydroxyl groups is 1. The number of aliphatic hydroxyl groups excluding tert-OH is 1. The fourth-order valence-corrected chi connectivity index (χ4v) is 5.81. The number of sulfonamides is 1. The van der Waals surface area contributed by atoms with Crippen LogP contribution in [0.25, 0.3) is 10.1 Å². The van der Waals surface area contributed by atoms with Gasteiger partial charge in [0, 0.05) is 21.9 Å². The van der Waals surface area contributed by atoms with Gasteiger partial charge in [0.15, 0.2) is 0 Å². The first-order chi connectivity index (χ1) is 9.49. The summed E-state index contributed by atoms with van der Waals surface area (Å²) in [6.45, 7) is 1.56. The molecule has 0 amide bonds. The lowest BCUT2D eigenvalue weighted by Crippen LogP contribution is -2.34. The van der Waals surface area contributed by atoms with Crippen molar-refractivity contribution in [1.82, 2.24) is 4.72 Å². The van der Waals surface area contributed by atoms with Gasteiger partial charge in [0.1, 0.15) is 4.90 Å². The van der Waals surface area contributed by atoms with Gasteiger partial charge in [-0.15, -0.1) is 11.3 Å². The first kappa shape index (κ1) is 15.8. The molecule has 0 saturated heterocycles. The number of thioether (sulfide) groups is 1. The first-order valence-electron chi connectivity index (χ1n) is 6.12. The number of hydrogen-bond acceptors (Lipinski definition) is 5. The molecule has 20 heavy (non-hydrogen) atoms. The monoisotopic (exact) mass is 331 g/mol. The van der Waals surface area contributed by atoms with Crippen molar-refractivity contribution < 1.29 is 13.5 Å². The molecule has 0 radical (unpaired) electrons. The largest absolute Gasteiger partial charge is 0.391 e. The van der Waals surface area contributed by atoms with E-state index in [0.717, 1.165) is 4.70 Å². The maximum atomic E-state index is 12.5. The first-order valence-corrected chi connectivity index (χ1v) is 9.81. The smallest absolute Gasteiger partial charge is 0.242 e. The van der Waals surface area contributed by atoms with Crippen LogP contribution in [0.2, 0.25) is 0 Å². The van der Waals surface area contributed by atoms with Gasteiger partial charge in [-0.05, 0) is 19.2 Å². The molecule has 2 N–H and O–H groups in total. The van der Waals surface area contributed by atoms with Crippen molar-refractivity contribution in [3.05, 3.63) is 29.1 Å². The highest BCUT2D eigenvalue weighted by Crippen LogP contribution is 2.34. The average Bonchev–Trinajstić information content (AvgIpc) is 2.77. The minimum Gasteiger partial charge on any atom is -0.391 e. The molecule has 0 aliphatic carbocycles. The quantitative estimate of drug-likeness (QED) is 0.853. The SMILES string of the molecule is CSCC(C)NS(=O)(=O)c1c(CO)sc2ccccc12. The van der Waals surface area contributed by atoms with Crippen molar-refractivity contribution in [3.63, 3.8) is 0 Å². The van der Waals surface area contributed by atoms with Crippen molar-refractivity contribution in [1.29, 1.82) is 0 Å². The highest BCUT2D eigenvalue weighted by atomic mass is 32.2. The van der Waals surface area contributed by atoms with Crippen molar-refractivity contribution in [2.45, 2.75) is 24.5 Å². The number of fused-ring (bicyclic) bond motifs is 1. The van der Waals surface area contributed by atoms with Crippen LogP contribution in [0.1, 0.15) is 11.8 Å². The third-order valence-electron chi connectivity index (χ3n) is 2.80. The van der Waals surface area contributed by atoms with E-state index in [0.29, 0.717) is 16.0 Å². The molecule has 0 aliphatic heterocycles. The number of rotatable bonds is 6. The van der Waals surface area contributed by atoms with Gasteiger partial charge in [-0.1, -0.05) is 18.2 Å². The van der Waals surface area contributed by atoms with Crippen LogP contribution in [-0.2, 0) is 16.6 Å². The summed E-state index contributed by atoms with van der Waals surface area (Å²) >= 11 is 2.90. The lowest BCUT2D eigenvalue weighted by Gasteiger charge is -2.13. The summed E-state index contributed by atoms with van der Waals surface area (Å²) < 4.78 is 28.6. The summed E-state index contributed by atoms with van der Waals surface area (Å²) in [5, 5.41) is 10.1. The highest BCUT2D eigenvalue weighted by Gasteiger charge is 2.25. The van der Waals surface area contributed by atoms with Gasteiger partial charge in [0.2, 0.25) is 10.0 Å². The summed E-state index contributed by atoms with van der Waals surface area (Å²) in [5.41, 5.74) is 0. The van der Waals surface area contributed by atoms with Crippen LogP contribution >= 0.6 is 23.1 Å². The van der Waals surface area contributed by atoms with Gasteiger partial charge in [0.05, 0.1) is 11.5 Å². The Morgan fingerprint density at radius 3 is 2.75 bits per heavy atom. The molecule has 1 unspecified atom stereocenters. The van der Waals surface area contributed by atoms with E-state index in [2.05, 4.69) is 4.72 Å². The summed E-state index contributed by atoms with van der Waals surface area (Å²) in [5.74, 6) is 0.704. The van der Waals surface area contributed by atoms with Crippen LogP contribution in [0.3, 0.4) is 0 Å². The van der Waals surface area contributed by atoms with Crippen LogP contribution in [0.4, 0.5) is 0 Å². The molecular weight excluding hydrogens is 314 g/mol. The zero-order valence-electron chi connectivity index (χ0n) is 11.3. The lowest BCUT2D eigenvalue weighted by atomic mass is 10.2. The average molecular weight is 331 g/mol. The summed E-state index contributed by atoms with van der Waals surface area (Å²) in [4.78, 5) is 0.698.